The lowest BCUT2D eigenvalue weighted by atomic mass is 10.2. The fourth-order valence-corrected chi connectivity index (χ4v) is 1.70. The van der Waals surface area contributed by atoms with E-state index in [0.29, 0.717) is 5.89 Å². The lowest BCUT2D eigenvalue weighted by molar-refractivity contribution is 0.523. The highest BCUT2D eigenvalue weighted by molar-refractivity contribution is 9.10. The highest BCUT2D eigenvalue weighted by Crippen LogP contribution is 2.30. The second-order valence-electron chi connectivity index (χ2n) is 2.73. The zero-order valence-electron chi connectivity index (χ0n) is 7.32. The molecule has 0 unspecified atom stereocenters. The third kappa shape index (κ3) is 2.33. The predicted octanol–water partition coefficient (Wildman–Crippen LogP) is 3.98. The Morgan fingerprint density at radius 1 is 1.20 bits per heavy atom. The Kier molecular flexibility index (Phi) is 3.29. The Morgan fingerprint density at radius 2 is 1.93 bits per heavy atom. The monoisotopic (exact) mass is 306 g/mol. The molecule has 2 aromatic rings. The van der Waals surface area contributed by atoms with Gasteiger partial charge in [-0.05, 0) is 28.1 Å². The summed E-state index contributed by atoms with van der Waals surface area (Å²) in [6.45, 7) is 0. The first-order valence-corrected chi connectivity index (χ1v) is 5.71. The van der Waals surface area contributed by atoms with E-state index >= 15 is 0 Å². The van der Waals surface area contributed by atoms with Crippen LogP contribution in [0.25, 0.3) is 11.5 Å². The number of aromatic nitrogens is 2. The maximum Gasteiger partial charge on any atom is 0.249 e. The smallest absolute Gasteiger partial charge is 0.249 e. The molecule has 0 saturated carbocycles. The van der Waals surface area contributed by atoms with Crippen LogP contribution in [-0.2, 0) is 0 Å². The van der Waals surface area contributed by atoms with Gasteiger partial charge in [0, 0.05) is 4.47 Å². The maximum absolute atomic E-state index is 5.60. The van der Waals surface area contributed by atoms with Gasteiger partial charge in [0.25, 0.3) is 0 Å². The van der Waals surface area contributed by atoms with E-state index in [-0.39, 0.29) is 5.89 Å². The highest BCUT2D eigenvalue weighted by Gasteiger charge is 2.15. The van der Waals surface area contributed by atoms with Crippen LogP contribution in [0.2, 0.25) is 0 Å². The molecule has 0 radical (unpaired) electrons. The van der Waals surface area contributed by atoms with Crippen molar-refractivity contribution in [1.82, 2.24) is 10.2 Å². The van der Waals surface area contributed by atoms with Gasteiger partial charge in [0.05, 0.1) is 5.56 Å². The molecule has 0 N–H and O–H groups in total. The summed E-state index contributed by atoms with van der Waals surface area (Å²) in [7, 11) is 0. The lowest BCUT2D eigenvalue weighted by Gasteiger charge is -1.97. The summed E-state index contributed by atoms with van der Waals surface area (Å²) >= 11 is 14.6. The molecule has 0 saturated heterocycles. The quantitative estimate of drug-likeness (QED) is 0.788. The molecule has 0 aliphatic rings. The molecular formula is C9H5BrCl2N2O. The molecule has 2 rings (SSSR count). The normalized spacial score (nSPS) is 10.9. The Balaban J connectivity index is 2.42. The van der Waals surface area contributed by atoms with Crippen LogP contribution >= 0.6 is 39.1 Å². The van der Waals surface area contributed by atoms with Gasteiger partial charge < -0.3 is 4.42 Å². The molecule has 78 valence electrons. The largest absolute Gasteiger partial charge is 0.418 e. The van der Waals surface area contributed by atoms with Gasteiger partial charge in [-0.25, -0.2) is 0 Å². The molecule has 1 aromatic carbocycles. The van der Waals surface area contributed by atoms with Crippen LogP contribution in [0.3, 0.4) is 0 Å². The molecule has 0 spiro atoms. The molecule has 0 atom stereocenters. The van der Waals surface area contributed by atoms with Crippen LogP contribution in [-0.4, -0.2) is 10.2 Å². The second kappa shape index (κ2) is 4.51. The third-order valence-electron chi connectivity index (χ3n) is 1.73. The molecule has 1 heterocycles. The SMILES string of the molecule is ClC(Cl)c1nnc(-c2ccccc2Br)o1. The first-order chi connectivity index (χ1) is 7.18. The van der Waals surface area contributed by atoms with E-state index in [2.05, 4.69) is 26.1 Å². The standard InChI is InChI=1S/C9H5BrCl2N2O/c10-6-4-2-1-3-5(6)8-13-14-9(15-8)7(11)12/h1-4,7H. The van der Waals surface area contributed by atoms with Gasteiger partial charge >= 0.3 is 0 Å². The van der Waals surface area contributed by atoms with Gasteiger partial charge in [-0.3, -0.25) is 0 Å². The summed E-state index contributed by atoms with van der Waals surface area (Å²) < 4.78 is 6.17. The third-order valence-corrected chi connectivity index (χ3v) is 2.80. The van der Waals surface area contributed by atoms with Crippen LogP contribution < -0.4 is 0 Å². The number of hydrogen-bond acceptors (Lipinski definition) is 3. The van der Waals surface area contributed by atoms with Crippen molar-refractivity contribution in [3.63, 3.8) is 0 Å². The van der Waals surface area contributed by atoms with Gasteiger partial charge in [0.15, 0.2) is 4.84 Å². The van der Waals surface area contributed by atoms with Gasteiger partial charge in [-0.1, -0.05) is 35.3 Å². The minimum absolute atomic E-state index is 0.198. The Morgan fingerprint density at radius 3 is 2.53 bits per heavy atom. The van der Waals surface area contributed by atoms with Crippen molar-refractivity contribution in [2.24, 2.45) is 0 Å². The Hall–Kier alpha value is -0.580. The zero-order valence-corrected chi connectivity index (χ0v) is 10.4. The first-order valence-electron chi connectivity index (χ1n) is 4.05. The molecule has 0 fully saturated rings. The molecule has 0 bridgehead atoms. The van der Waals surface area contributed by atoms with Gasteiger partial charge in [-0.2, -0.15) is 0 Å². The van der Waals surface area contributed by atoms with Crippen LogP contribution in [0.5, 0.6) is 0 Å². The molecule has 0 amide bonds. The maximum atomic E-state index is 5.60. The predicted molar refractivity (Wildman–Crippen MR) is 61.9 cm³/mol. The van der Waals surface area contributed by atoms with E-state index < -0.39 is 4.84 Å². The van der Waals surface area contributed by atoms with Crippen molar-refractivity contribution in [3.05, 3.63) is 34.6 Å². The molecule has 3 nitrogen and oxygen atoms in total. The van der Waals surface area contributed by atoms with Crippen molar-refractivity contribution < 1.29 is 4.42 Å². The van der Waals surface area contributed by atoms with E-state index in [1.165, 1.54) is 0 Å². The number of nitrogens with zero attached hydrogens (tertiary/aromatic N) is 2. The summed E-state index contributed by atoms with van der Waals surface area (Å²) in [5, 5.41) is 7.58. The molecule has 0 aliphatic carbocycles. The van der Waals surface area contributed by atoms with Crippen molar-refractivity contribution in [3.8, 4) is 11.5 Å². The van der Waals surface area contributed by atoms with E-state index in [9.17, 15) is 0 Å². The second-order valence-corrected chi connectivity index (χ2v) is 4.68. The summed E-state index contributed by atoms with van der Waals surface area (Å²) in [5.41, 5.74) is 0.810. The van der Waals surface area contributed by atoms with E-state index in [1.807, 2.05) is 24.3 Å². The topological polar surface area (TPSA) is 38.9 Å². The summed E-state index contributed by atoms with van der Waals surface area (Å²) in [6, 6.07) is 7.52. The molecular weight excluding hydrogens is 303 g/mol. The first kappa shape index (κ1) is 10.9. The lowest BCUT2D eigenvalue weighted by Crippen LogP contribution is -1.79. The number of benzene rings is 1. The number of alkyl halides is 2. The average Bonchev–Trinajstić information content (AvgIpc) is 2.67. The molecule has 1 aromatic heterocycles. The average molecular weight is 308 g/mol. The number of hydrogen-bond donors (Lipinski definition) is 0. The van der Waals surface area contributed by atoms with E-state index in [4.69, 9.17) is 27.6 Å². The molecule has 6 heteroatoms. The fourth-order valence-electron chi connectivity index (χ4n) is 1.07. The van der Waals surface area contributed by atoms with Crippen molar-refractivity contribution in [1.29, 1.82) is 0 Å². The molecule has 15 heavy (non-hydrogen) atoms. The molecule has 0 aliphatic heterocycles. The van der Waals surface area contributed by atoms with Gasteiger partial charge in [0.1, 0.15) is 0 Å². The highest BCUT2D eigenvalue weighted by atomic mass is 79.9. The minimum atomic E-state index is -0.797. The van der Waals surface area contributed by atoms with Crippen LogP contribution in [0.1, 0.15) is 10.7 Å². The minimum Gasteiger partial charge on any atom is -0.418 e. The fraction of sp³-hybridized carbons (Fsp3) is 0.111. The summed E-state index contributed by atoms with van der Waals surface area (Å²) in [5.74, 6) is 0.591. The van der Waals surface area contributed by atoms with Crippen LogP contribution in [0.4, 0.5) is 0 Å². The Labute approximate surface area is 105 Å². The number of rotatable bonds is 2. The van der Waals surface area contributed by atoms with Crippen LogP contribution in [0, 0.1) is 0 Å². The Bertz CT molecular complexity index is 473. The van der Waals surface area contributed by atoms with Crippen LogP contribution in [0.15, 0.2) is 33.2 Å². The van der Waals surface area contributed by atoms with Crippen molar-refractivity contribution in [2.75, 3.05) is 0 Å². The summed E-state index contributed by atoms with van der Waals surface area (Å²) in [6.07, 6.45) is 0. The van der Waals surface area contributed by atoms with E-state index in [1.54, 1.807) is 0 Å². The number of halogens is 3. The van der Waals surface area contributed by atoms with Crippen molar-refractivity contribution >= 4 is 39.1 Å². The van der Waals surface area contributed by atoms with E-state index in [0.717, 1.165) is 10.0 Å². The zero-order chi connectivity index (χ0) is 10.8. The summed E-state index contributed by atoms with van der Waals surface area (Å²) in [4.78, 5) is -0.797. The van der Waals surface area contributed by atoms with Gasteiger partial charge in [0.2, 0.25) is 11.8 Å². The van der Waals surface area contributed by atoms with Crippen molar-refractivity contribution in [2.45, 2.75) is 4.84 Å². The van der Waals surface area contributed by atoms with Gasteiger partial charge in [-0.15, -0.1) is 10.2 Å².